The molecule has 5 heteroatoms. The quantitative estimate of drug-likeness (QED) is 0.799. The van der Waals surface area contributed by atoms with E-state index in [1.165, 1.54) is 6.07 Å². The van der Waals surface area contributed by atoms with E-state index in [4.69, 9.17) is 11.6 Å². The van der Waals surface area contributed by atoms with Crippen LogP contribution in [0.3, 0.4) is 0 Å². The van der Waals surface area contributed by atoms with Gasteiger partial charge in [-0.1, -0.05) is 17.7 Å². The second-order valence-electron chi connectivity index (χ2n) is 3.35. The largest absolute Gasteiger partial charge is 0.314 e. The summed E-state index contributed by atoms with van der Waals surface area (Å²) in [5.74, 6) is -0.237. The molecule has 0 amide bonds. The van der Waals surface area contributed by atoms with Crippen LogP contribution >= 0.6 is 24.0 Å². The maximum atomic E-state index is 13.5. The van der Waals surface area contributed by atoms with Gasteiger partial charge < -0.3 is 10.6 Å². The summed E-state index contributed by atoms with van der Waals surface area (Å²) < 4.78 is 13.5. The molecule has 0 spiro atoms. The first-order valence-electron chi connectivity index (χ1n) is 4.67. The van der Waals surface area contributed by atoms with Gasteiger partial charge in [-0.2, -0.15) is 0 Å². The Balaban J connectivity index is 0.00000112. The van der Waals surface area contributed by atoms with Gasteiger partial charge in [0.15, 0.2) is 0 Å². The highest BCUT2D eigenvalue weighted by Gasteiger charge is 2.20. The maximum absolute atomic E-state index is 13.5. The van der Waals surface area contributed by atoms with Gasteiger partial charge >= 0.3 is 0 Å². The maximum Gasteiger partial charge on any atom is 0.129 e. The molecule has 15 heavy (non-hydrogen) atoms. The lowest BCUT2D eigenvalue weighted by atomic mass is 10.0. The van der Waals surface area contributed by atoms with Crippen molar-refractivity contribution in [2.75, 3.05) is 19.6 Å². The standard InChI is InChI=1S/C10H12ClFN2.ClH/c11-7-2-1-3-8(12)10(7)9-6-13-4-5-14-9;/h1-3,9,13-14H,4-6H2;1H/t9-;/m1./s1. The molecule has 0 aliphatic carbocycles. The molecule has 1 aliphatic rings. The molecule has 1 atom stereocenters. The average molecular weight is 251 g/mol. The number of benzene rings is 1. The zero-order valence-corrected chi connectivity index (χ0v) is 9.67. The van der Waals surface area contributed by atoms with Crippen LogP contribution in [-0.2, 0) is 0 Å². The van der Waals surface area contributed by atoms with E-state index in [9.17, 15) is 4.39 Å². The molecule has 0 bridgehead atoms. The number of rotatable bonds is 1. The molecular weight excluding hydrogens is 238 g/mol. The van der Waals surface area contributed by atoms with E-state index in [1.54, 1.807) is 12.1 Å². The zero-order valence-electron chi connectivity index (χ0n) is 8.09. The van der Waals surface area contributed by atoms with E-state index in [1.807, 2.05) is 0 Å². The van der Waals surface area contributed by atoms with Gasteiger partial charge in [0.2, 0.25) is 0 Å². The van der Waals surface area contributed by atoms with Gasteiger partial charge in [0.05, 0.1) is 0 Å². The van der Waals surface area contributed by atoms with Crippen LogP contribution < -0.4 is 10.6 Å². The molecule has 0 radical (unpaired) electrons. The monoisotopic (exact) mass is 250 g/mol. The Morgan fingerprint density at radius 3 is 2.73 bits per heavy atom. The summed E-state index contributed by atoms with van der Waals surface area (Å²) in [7, 11) is 0. The molecule has 1 heterocycles. The normalized spacial score (nSPS) is 20.8. The van der Waals surface area contributed by atoms with Crippen molar-refractivity contribution in [1.29, 1.82) is 0 Å². The number of halogens is 3. The molecule has 0 unspecified atom stereocenters. The lowest BCUT2D eigenvalue weighted by Crippen LogP contribution is -2.43. The first-order chi connectivity index (χ1) is 6.79. The molecule has 0 saturated carbocycles. The van der Waals surface area contributed by atoms with Crippen molar-refractivity contribution in [2.24, 2.45) is 0 Å². The molecule has 0 aromatic heterocycles. The predicted octanol–water partition coefficient (Wildman–Crippen LogP) is 2.13. The minimum atomic E-state index is -0.237. The Labute approximate surface area is 99.6 Å². The van der Waals surface area contributed by atoms with Crippen molar-refractivity contribution in [3.05, 3.63) is 34.6 Å². The Kier molecular flexibility index (Phi) is 4.80. The summed E-state index contributed by atoms with van der Waals surface area (Å²) in [4.78, 5) is 0. The highest BCUT2D eigenvalue weighted by molar-refractivity contribution is 6.31. The van der Waals surface area contributed by atoms with Crippen molar-refractivity contribution in [3.63, 3.8) is 0 Å². The summed E-state index contributed by atoms with van der Waals surface area (Å²) in [5.41, 5.74) is 0.571. The topological polar surface area (TPSA) is 24.1 Å². The van der Waals surface area contributed by atoms with Crippen molar-refractivity contribution in [1.82, 2.24) is 10.6 Å². The van der Waals surface area contributed by atoms with Crippen molar-refractivity contribution in [3.8, 4) is 0 Å². The highest BCUT2D eigenvalue weighted by Crippen LogP contribution is 2.25. The van der Waals surface area contributed by atoms with Crippen LogP contribution in [0.2, 0.25) is 5.02 Å². The van der Waals surface area contributed by atoms with E-state index >= 15 is 0 Å². The second kappa shape index (κ2) is 5.66. The number of piperazine rings is 1. The first-order valence-corrected chi connectivity index (χ1v) is 5.05. The zero-order chi connectivity index (χ0) is 9.97. The number of hydrogen-bond donors (Lipinski definition) is 2. The van der Waals surface area contributed by atoms with Gasteiger partial charge in [-0.25, -0.2) is 4.39 Å². The third-order valence-electron chi connectivity index (χ3n) is 2.39. The SMILES string of the molecule is Cl.Fc1cccc(Cl)c1[C@H]1CNCCN1. The fourth-order valence-corrected chi connectivity index (χ4v) is 2.00. The minimum Gasteiger partial charge on any atom is -0.314 e. The third-order valence-corrected chi connectivity index (χ3v) is 2.72. The summed E-state index contributed by atoms with van der Waals surface area (Å²) in [6.45, 7) is 2.48. The van der Waals surface area contributed by atoms with Gasteiger partial charge in [-0.05, 0) is 12.1 Å². The van der Waals surface area contributed by atoms with Crippen LogP contribution in [0.15, 0.2) is 18.2 Å². The lowest BCUT2D eigenvalue weighted by molar-refractivity contribution is 0.417. The predicted molar refractivity (Wildman–Crippen MR) is 62.3 cm³/mol. The molecule has 2 rings (SSSR count). The van der Waals surface area contributed by atoms with Gasteiger partial charge in [-0.3, -0.25) is 0 Å². The van der Waals surface area contributed by atoms with Gasteiger partial charge in [0.25, 0.3) is 0 Å². The fourth-order valence-electron chi connectivity index (χ4n) is 1.70. The molecule has 84 valence electrons. The van der Waals surface area contributed by atoms with Gasteiger partial charge in [-0.15, -0.1) is 12.4 Å². The van der Waals surface area contributed by atoms with Gasteiger partial charge in [0, 0.05) is 36.3 Å². The molecule has 1 aromatic carbocycles. The Bertz CT molecular complexity index is 307. The van der Waals surface area contributed by atoms with E-state index in [0.29, 0.717) is 10.6 Å². The van der Waals surface area contributed by atoms with E-state index in [0.717, 1.165) is 19.6 Å². The van der Waals surface area contributed by atoms with E-state index in [2.05, 4.69) is 10.6 Å². The molecule has 1 aromatic rings. The van der Waals surface area contributed by atoms with Crippen molar-refractivity contribution in [2.45, 2.75) is 6.04 Å². The van der Waals surface area contributed by atoms with E-state index in [-0.39, 0.29) is 24.3 Å². The lowest BCUT2D eigenvalue weighted by Gasteiger charge is -2.25. The molecule has 2 N–H and O–H groups in total. The third kappa shape index (κ3) is 2.82. The number of nitrogens with one attached hydrogen (secondary N) is 2. The summed E-state index contributed by atoms with van der Waals surface area (Å²) >= 11 is 5.96. The average Bonchev–Trinajstić information content (AvgIpc) is 2.19. The van der Waals surface area contributed by atoms with Crippen LogP contribution in [0.1, 0.15) is 11.6 Å². The molecule has 1 aliphatic heterocycles. The van der Waals surface area contributed by atoms with Crippen LogP contribution in [0.25, 0.3) is 0 Å². The first kappa shape index (κ1) is 12.7. The molecular formula is C10H13Cl2FN2. The molecule has 2 nitrogen and oxygen atoms in total. The van der Waals surface area contributed by atoms with Crippen LogP contribution in [0, 0.1) is 5.82 Å². The van der Waals surface area contributed by atoms with Crippen LogP contribution in [0.4, 0.5) is 4.39 Å². The smallest absolute Gasteiger partial charge is 0.129 e. The number of hydrogen-bond acceptors (Lipinski definition) is 2. The van der Waals surface area contributed by atoms with Crippen LogP contribution in [0.5, 0.6) is 0 Å². The molecule has 1 saturated heterocycles. The van der Waals surface area contributed by atoms with E-state index < -0.39 is 0 Å². The Morgan fingerprint density at radius 2 is 2.13 bits per heavy atom. The fraction of sp³-hybridized carbons (Fsp3) is 0.400. The Morgan fingerprint density at radius 1 is 1.33 bits per heavy atom. The Hall–Kier alpha value is -0.350. The second-order valence-corrected chi connectivity index (χ2v) is 3.75. The summed E-state index contributed by atoms with van der Waals surface area (Å²) in [5, 5.41) is 6.92. The summed E-state index contributed by atoms with van der Waals surface area (Å²) in [6, 6.07) is 4.77. The molecule has 1 fully saturated rings. The minimum absolute atomic E-state index is 0. The van der Waals surface area contributed by atoms with Crippen molar-refractivity contribution >= 4 is 24.0 Å². The highest BCUT2D eigenvalue weighted by atomic mass is 35.5. The summed E-state index contributed by atoms with van der Waals surface area (Å²) in [6.07, 6.45) is 0. The van der Waals surface area contributed by atoms with Crippen molar-refractivity contribution < 1.29 is 4.39 Å². The van der Waals surface area contributed by atoms with Gasteiger partial charge in [0.1, 0.15) is 5.82 Å². The van der Waals surface area contributed by atoms with Crippen LogP contribution in [-0.4, -0.2) is 19.6 Å².